The molecule has 20 heavy (non-hydrogen) atoms. The van der Waals surface area contributed by atoms with Gasteiger partial charge in [0.1, 0.15) is 0 Å². The van der Waals surface area contributed by atoms with Crippen molar-refractivity contribution < 1.29 is 0 Å². The van der Waals surface area contributed by atoms with Crippen molar-refractivity contribution >= 4 is 5.69 Å². The predicted molar refractivity (Wildman–Crippen MR) is 74.5 cm³/mol. The smallest absolute Gasteiger partial charge is 0.153 e. The second-order valence-electron chi connectivity index (χ2n) is 4.56. The molecule has 1 aromatic carbocycles. The Kier molecular flexibility index (Phi) is 3.16. The van der Waals surface area contributed by atoms with E-state index in [4.69, 9.17) is 0 Å². The summed E-state index contributed by atoms with van der Waals surface area (Å²) in [6, 6.07) is 7.97. The molecule has 0 aliphatic rings. The molecule has 2 heterocycles. The van der Waals surface area contributed by atoms with E-state index in [1.807, 2.05) is 44.3 Å². The second kappa shape index (κ2) is 5.12. The van der Waals surface area contributed by atoms with Gasteiger partial charge in [-0.3, -0.25) is 5.10 Å². The Bertz CT molecular complexity index is 713. The fraction of sp³-hybridized carbons (Fsp3) is 0.231. The molecule has 0 unspecified atom stereocenters. The first-order chi connectivity index (χ1) is 9.74. The minimum absolute atomic E-state index is 0.723. The average molecular weight is 269 g/mol. The molecule has 2 N–H and O–H groups in total. The molecule has 0 aliphatic heterocycles. The number of hydrogen-bond acceptors (Lipinski definition) is 5. The monoisotopic (exact) mass is 269 g/mol. The maximum absolute atomic E-state index is 4.01. The van der Waals surface area contributed by atoms with Gasteiger partial charge in [-0.25, -0.2) is 0 Å². The molecule has 7 heteroatoms. The number of benzene rings is 1. The number of aryl methyl sites for hydroxylation is 2. The molecule has 102 valence electrons. The average Bonchev–Trinajstić information content (AvgIpc) is 3.05. The van der Waals surface area contributed by atoms with Crippen LogP contribution in [0.1, 0.15) is 17.1 Å². The molecule has 0 radical (unpaired) electrons. The van der Waals surface area contributed by atoms with E-state index in [0.29, 0.717) is 0 Å². The highest BCUT2D eigenvalue weighted by molar-refractivity contribution is 5.51. The van der Waals surface area contributed by atoms with Crippen molar-refractivity contribution in [3.05, 3.63) is 47.5 Å². The lowest BCUT2D eigenvalue weighted by molar-refractivity contribution is 0.779. The first kappa shape index (κ1) is 12.3. The summed E-state index contributed by atoms with van der Waals surface area (Å²) in [4.78, 5) is 0. The SMILES string of the molecule is Cc1[nH]ncc1CNc1cccc(-n2nnnc2C)c1. The summed E-state index contributed by atoms with van der Waals surface area (Å²) in [5.74, 6) is 0.757. The molecule has 7 nitrogen and oxygen atoms in total. The third-order valence-corrected chi connectivity index (χ3v) is 3.13. The number of anilines is 1. The Balaban J connectivity index is 1.78. The third-order valence-electron chi connectivity index (χ3n) is 3.13. The van der Waals surface area contributed by atoms with E-state index in [1.165, 1.54) is 0 Å². The van der Waals surface area contributed by atoms with Gasteiger partial charge in [-0.15, -0.1) is 5.10 Å². The zero-order valence-electron chi connectivity index (χ0n) is 11.3. The molecule has 0 fully saturated rings. The van der Waals surface area contributed by atoms with Crippen LogP contribution in [0.3, 0.4) is 0 Å². The van der Waals surface area contributed by atoms with Gasteiger partial charge >= 0.3 is 0 Å². The van der Waals surface area contributed by atoms with Crippen LogP contribution in [0.5, 0.6) is 0 Å². The lowest BCUT2D eigenvalue weighted by atomic mass is 10.2. The van der Waals surface area contributed by atoms with Gasteiger partial charge in [0.25, 0.3) is 0 Å². The lowest BCUT2D eigenvalue weighted by Gasteiger charge is -2.08. The van der Waals surface area contributed by atoms with Gasteiger partial charge in [-0.05, 0) is 42.5 Å². The van der Waals surface area contributed by atoms with Crippen molar-refractivity contribution in [3.63, 3.8) is 0 Å². The molecule has 0 bridgehead atoms. The Morgan fingerprint density at radius 2 is 2.20 bits per heavy atom. The van der Waals surface area contributed by atoms with Gasteiger partial charge in [0.05, 0.1) is 11.9 Å². The van der Waals surface area contributed by atoms with Crippen molar-refractivity contribution in [1.82, 2.24) is 30.4 Å². The molecule has 0 spiro atoms. The Morgan fingerprint density at radius 3 is 2.90 bits per heavy atom. The molecule has 0 atom stereocenters. The van der Waals surface area contributed by atoms with Gasteiger partial charge in [0.15, 0.2) is 5.82 Å². The van der Waals surface area contributed by atoms with E-state index in [1.54, 1.807) is 4.68 Å². The van der Waals surface area contributed by atoms with Gasteiger partial charge in [-0.1, -0.05) is 6.07 Å². The summed E-state index contributed by atoms with van der Waals surface area (Å²) in [7, 11) is 0. The molecule has 0 saturated heterocycles. The molecule has 3 rings (SSSR count). The molecule has 2 aromatic heterocycles. The van der Waals surface area contributed by atoms with Crippen LogP contribution in [0.15, 0.2) is 30.5 Å². The quantitative estimate of drug-likeness (QED) is 0.751. The minimum atomic E-state index is 0.723. The molecule has 3 aromatic rings. The van der Waals surface area contributed by atoms with Crippen molar-refractivity contribution in [2.75, 3.05) is 5.32 Å². The number of hydrogen-bond donors (Lipinski definition) is 2. The normalized spacial score (nSPS) is 10.7. The zero-order chi connectivity index (χ0) is 13.9. The lowest BCUT2D eigenvalue weighted by Crippen LogP contribution is -2.03. The van der Waals surface area contributed by atoms with Crippen molar-refractivity contribution in [1.29, 1.82) is 0 Å². The highest BCUT2D eigenvalue weighted by Crippen LogP contribution is 2.16. The summed E-state index contributed by atoms with van der Waals surface area (Å²) < 4.78 is 1.70. The maximum Gasteiger partial charge on any atom is 0.153 e. The van der Waals surface area contributed by atoms with E-state index in [-0.39, 0.29) is 0 Å². The van der Waals surface area contributed by atoms with E-state index in [2.05, 4.69) is 31.0 Å². The van der Waals surface area contributed by atoms with Crippen LogP contribution in [0.25, 0.3) is 5.69 Å². The Hall–Kier alpha value is -2.70. The number of tetrazole rings is 1. The molecule has 0 amide bonds. The van der Waals surface area contributed by atoms with Crippen molar-refractivity contribution in [2.45, 2.75) is 20.4 Å². The summed E-state index contributed by atoms with van der Waals surface area (Å²) >= 11 is 0. The summed E-state index contributed by atoms with van der Waals surface area (Å²) in [5, 5.41) is 21.8. The predicted octanol–water partition coefficient (Wildman–Crippen LogP) is 1.61. The van der Waals surface area contributed by atoms with Gasteiger partial charge in [0, 0.05) is 23.5 Å². The van der Waals surface area contributed by atoms with Crippen LogP contribution in [0.2, 0.25) is 0 Å². The van der Waals surface area contributed by atoms with Gasteiger partial charge in [-0.2, -0.15) is 9.78 Å². The number of aromatic nitrogens is 6. The van der Waals surface area contributed by atoms with Gasteiger partial charge < -0.3 is 5.32 Å². The number of H-pyrrole nitrogens is 1. The van der Waals surface area contributed by atoms with Crippen molar-refractivity contribution in [2.24, 2.45) is 0 Å². The fourth-order valence-electron chi connectivity index (χ4n) is 1.97. The molecule has 0 aliphatic carbocycles. The van der Waals surface area contributed by atoms with Crippen LogP contribution < -0.4 is 5.32 Å². The molecular weight excluding hydrogens is 254 g/mol. The fourth-order valence-corrected chi connectivity index (χ4v) is 1.97. The van der Waals surface area contributed by atoms with E-state index < -0.39 is 0 Å². The topological polar surface area (TPSA) is 84.3 Å². The Morgan fingerprint density at radius 1 is 1.30 bits per heavy atom. The zero-order valence-corrected chi connectivity index (χ0v) is 11.3. The van der Waals surface area contributed by atoms with Crippen LogP contribution in [0, 0.1) is 13.8 Å². The van der Waals surface area contributed by atoms with E-state index in [0.717, 1.165) is 35.0 Å². The number of nitrogens with zero attached hydrogens (tertiary/aromatic N) is 5. The van der Waals surface area contributed by atoms with Gasteiger partial charge in [0.2, 0.25) is 0 Å². The summed E-state index contributed by atoms with van der Waals surface area (Å²) in [6.07, 6.45) is 1.83. The third kappa shape index (κ3) is 2.37. The summed E-state index contributed by atoms with van der Waals surface area (Å²) in [6.45, 7) is 4.60. The standard InChI is InChI=1S/C13H15N7/c1-9-11(8-15-16-9)7-14-12-4-3-5-13(6-12)20-10(2)17-18-19-20/h3-6,8,14H,7H2,1-2H3,(H,15,16). The Labute approximate surface area is 116 Å². The summed E-state index contributed by atoms with van der Waals surface area (Å²) in [5.41, 5.74) is 4.17. The number of aromatic amines is 1. The largest absolute Gasteiger partial charge is 0.381 e. The van der Waals surface area contributed by atoms with Crippen molar-refractivity contribution in [3.8, 4) is 5.69 Å². The van der Waals surface area contributed by atoms with Crippen LogP contribution in [0.4, 0.5) is 5.69 Å². The number of nitrogens with one attached hydrogen (secondary N) is 2. The van der Waals surface area contributed by atoms with Crippen LogP contribution >= 0.6 is 0 Å². The van der Waals surface area contributed by atoms with Crippen LogP contribution in [-0.2, 0) is 6.54 Å². The van der Waals surface area contributed by atoms with E-state index >= 15 is 0 Å². The highest BCUT2D eigenvalue weighted by atomic mass is 15.5. The maximum atomic E-state index is 4.01. The highest BCUT2D eigenvalue weighted by Gasteiger charge is 2.05. The first-order valence-corrected chi connectivity index (χ1v) is 6.32. The van der Waals surface area contributed by atoms with Crippen LogP contribution in [-0.4, -0.2) is 30.4 Å². The van der Waals surface area contributed by atoms with E-state index in [9.17, 15) is 0 Å². The second-order valence-corrected chi connectivity index (χ2v) is 4.56. The molecule has 0 saturated carbocycles. The minimum Gasteiger partial charge on any atom is -0.381 e. The first-order valence-electron chi connectivity index (χ1n) is 6.32. The molecular formula is C13H15N7. The number of rotatable bonds is 4.